The predicted molar refractivity (Wildman–Crippen MR) is 92.9 cm³/mol. The van der Waals surface area contributed by atoms with Crippen molar-refractivity contribution in [3.05, 3.63) is 88.5 Å². The van der Waals surface area contributed by atoms with Gasteiger partial charge in [-0.3, -0.25) is 9.78 Å². The van der Waals surface area contributed by atoms with Gasteiger partial charge in [0.2, 0.25) is 0 Å². The van der Waals surface area contributed by atoms with Gasteiger partial charge in [-0.25, -0.2) is 14.4 Å². The zero-order valence-corrected chi connectivity index (χ0v) is 14.1. The molecule has 0 fully saturated rings. The Morgan fingerprint density at radius 1 is 0.963 bits per heavy atom. The summed E-state index contributed by atoms with van der Waals surface area (Å²) in [6, 6.07) is 11.6. The van der Waals surface area contributed by atoms with Crippen LogP contribution in [-0.2, 0) is 12.8 Å². The molecule has 0 aliphatic rings. The van der Waals surface area contributed by atoms with Crippen LogP contribution in [0, 0.1) is 28.5 Å². The molecule has 0 saturated carbocycles. The number of halogens is 1. The Morgan fingerprint density at radius 2 is 1.78 bits per heavy atom. The molecule has 1 aromatic carbocycles. The Morgan fingerprint density at radius 3 is 2.41 bits per heavy atom. The highest BCUT2D eigenvalue weighted by Gasteiger charge is 2.11. The Labute approximate surface area is 154 Å². The van der Waals surface area contributed by atoms with Gasteiger partial charge in [0.05, 0.1) is 24.4 Å². The first-order chi connectivity index (χ1) is 13.1. The first-order valence-electron chi connectivity index (χ1n) is 7.96. The van der Waals surface area contributed by atoms with E-state index in [9.17, 15) is 9.18 Å². The monoisotopic (exact) mass is 357 g/mol. The van der Waals surface area contributed by atoms with E-state index in [0.717, 1.165) is 11.1 Å². The molecule has 7 heteroatoms. The Balaban J connectivity index is 1.67. The van der Waals surface area contributed by atoms with Crippen LogP contribution in [0.25, 0.3) is 0 Å². The van der Waals surface area contributed by atoms with Gasteiger partial charge in [0, 0.05) is 11.9 Å². The minimum absolute atomic E-state index is 0.00574. The molecule has 2 heterocycles. The number of Topliss-reactive ketones (excluding diaryl/α,β-unsaturated/α-hetero) is 1. The van der Waals surface area contributed by atoms with Crippen molar-refractivity contribution in [1.29, 1.82) is 10.5 Å². The molecule has 3 aromatic rings. The lowest BCUT2D eigenvalue weighted by Crippen LogP contribution is -2.08. The zero-order valence-electron chi connectivity index (χ0n) is 14.1. The number of nitriles is 2. The summed E-state index contributed by atoms with van der Waals surface area (Å²) < 4.78 is 13.4. The summed E-state index contributed by atoms with van der Waals surface area (Å²) in [6.45, 7) is 0. The van der Waals surface area contributed by atoms with Gasteiger partial charge in [-0.1, -0.05) is 12.1 Å². The number of carbonyl (C=O) groups excluding carboxylic acids is 1. The molecule has 0 unspecified atom stereocenters. The fraction of sp³-hybridized carbons (Fsp3) is 0.100. The van der Waals surface area contributed by atoms with Crippen molar-refractivity contribution in [3.8, 4) is 12.1 Å². The van der Waals surface area contributed by atoms with E-state index in [2.05, 4.69) is 15.0 Å². The molecule has 0 saturated heterocycles. The van der Waals surface area contributed by atoms with Crippen molar-refractivity contribution in [1.82, 2.24) is 15.0 Å². The van der Waals surface area contributed by atoms with Crippen LogP contribution in [0.4, 0.5) is 4.39 Å². The minimum atomic E-state index is -0.542. The standard InChI is InChI=1S/C20H12FN5O/c21-18-4-2-13(6-15(18)8-22)5-14-1-3-16(24-10-14)7-20(27)19-12-25-17(9-23)11-26-19/h1-4,6,10-12H,5,7H2. The molecule has 0 aliphatic heterocycles. The van der Waals surface area contributed by atoms with Crippen LogP contribution in [0.5, 0.6) is 0 Å². The fourth-order valence-corrected chi connectivity index (χ4v) is 2.45. The molecular weight excluding hydrogens is 345 g/mol. The molecule has 0 N–H and O–H groups in total. The molecule has 3 rings (SSSR count). The van der Waals surface area contributed by atoms with Gasteiger partial charge in [-0.05, 0) is 35.7 Å². The summed E-state index contributed by atoms with van der Waals surface area (Å²) >= 11 is 0. The van der Waals surface area contributed by atoms with E-state index in [1.807, 2.05) is 18.2 Å². The molecule has 2 aromatic heterocycles. The Hall–Kier alpha value is -3.97. The third-order valence-electron chi connectivity index (χ3n) is 3.84. The van der Waals surface area contributed by atoms with Crippen LogP contribution in [0.3, 0.4) is 0 Å². The van der Waals surface area contributed by atoms with Crippen molar-refractivity contribution in [3.63, 3.8) is 0 Å². The number of pyridine rings is 1. The predicted octanol–water partition coefficient (Wildman–Crippen LogP) is 2.77. The highest BCUT2D eigenvalue weighted by atomic mass is 19.1. The third-order valence-corrected chi connectivity index (χ3v) is 3.84. The lowest BCUT2D eigenvalue weighted by molar-refractivity contribution is 0.0986. The molecular formula is C20H12FN5O. The van der Waals surface area contributed by atoms with E-state index in [4.69, 9.17) is 10.5 Å². The third kappa shape index (κ3) is 4.36. The second-order valence-electron chi connectivity index (χ2n) is 5.76. The second kappa shape index (κ2) is 7.94. The molecule has 6 nitrogen and oxygen atoms in total. The molecule has 0 atom stereocenters. The number of rotatable bonds is 5. The number of nitrogens with zero attached hydrogens (tertiary/aromatic N) is 5. The van der Waals surface area contributed by atoms with Gasteiger partial charge >= 0.3 is 0 Å². The topological polar surface area (TPSA) is 103 Å². The summed E-state index contributed by atoms with van der Waals surface area (Å²) in [6.07, 6.45) is 4.73. The molecule has 0 aliphatic carbocycles. The number of ketones is 1. The lowest BCUT2D eigenvalue weighted by Gasteiger charge is -2.05. The maximum absolute atomic E-state index is 13.4. The first kappa shape index (κ1) is 17.8. The summed E-state index contributed by atoms with van der Waals surface area (Å²) in [4.78, 5) is 24.2. The molecule has 27 heavy (non-hydrogen) atoms. The van der Waals surface area contributed by atoms with E-state index in [1.54, 1.807) is 18.3 Å². The first-order valence-corrected chi connectivity index (χ1v) is 7.96. The Bertz CT molecular complexity index is 1060. The second-order valence-corrected chi connectivity index (χ2v) is 5.76. The van der Waals surface area contributed by atoms with Crippen LogP contribution in [0.1, 0.15) is 38.6 Å². The van der Waals surface area contributed by atoms with Gasteiger partial charge in [-0.2, -0.15) is 10.5 Å². The summed E-state index contributed by atoms with van der Waals surface area (Å²) in [5, 5.41) is 17.6. The fourth-order valence-electron chi connectivity index (χ4n) is 2.45. The maximum Gasteiger partial charge on any atom is 0.188 e. The maximum atomic E-state index is 13.4. The van der Waals surface area contributed by atoms with Gasteiger partial charge in [0.15, 0.2) is 11.5 Å². The minimum Gasteiger partial charge on any atom is -0.292 e. The molecule has 0 spiro atoms. The SMILES string of the molecule is N#Cc1cnc(C(=O)Cc2ccc(Cc3ccc(F)c(C#N)c3)cn2)cn1. The number of aromatic nitrogens is 3. The van der Waals surface area contributed by atoms with Gasteiger partial charge in [-0.15, -0.1) is 0 Å². The average Bonchev–Trinajstić information content (AvgIpc) is 2.71. The highest BCUT2D eigenvalue weighted by Crippen LogP contribution is 2.14. The average molecular weight is 357 g/mol. The molecule has 0 amide bonds. The van der Waals surface area contributed by atoms with E-state index < -0.39 is 5.82 Å². The van der Waals surface area contributed by atoms with E-state index in [1.165, 1.54) is 24.5 Å². The van der Waals surface area contributed by atoms with Crippen molar-refractivity contribution >= 4 is 5.78 Å². The summed E-state index contributed by atoms with van der Waals surface area (Å²) in [7, 11) is 0. The summed E-state index contributed by atoms with van der Waals surface area (Å²) in [5.41, 5.74) is 2.58. The largest absolute Gasteiger partial charge is 0.292 e. The van der Waals surface area contributed by atoms with Crippen molar-refractivity contribution in [2.24, 2.45) is 0 Å². The molecule has 0 radical (unpaired) electrons. The highest BCUT2D eigenvalue weighted by molar-refractivity contribution is 5.95. The van der Waals surface area contributed by atoms with Crippen LogP contribution in [0.15, 0.2) is 48.9 Å². The van der Waals surface area contributed by atoms with Crippen molar-refractivity contribution in [2.75, 3.05) is 0 Å². The zero-order chi connectivity index (χ0) is 19.2. The lowest BCUT2D eigenvalue weighted by atomic mass is 10.0. The smallest absolute Gasteiger partial charge is 0.188 e. The van der Waals surface area contributed by atoms with Gasteiger partial charge in [0.1, 0.15) is 23.6 Å². The number of benzene rings is 1. The quantitative estimate of drug-likeness (QED) is 0.651. The van der Waals surface area contributed by atoms with Crippen LogP contribution < -0.4 is 0 Å². The van der Waals surface area contributed by atoms with E-state index >= 15 is 0 Å². The van der Waals surface area contributed by atoms with E-state index in [-0.39, 0.29) is 29.2 Å². The van der Waals surface area contributed by atoms with Crippen molar-refractivity contribution in [2.45, 2.75) is 12.8 Å². The number of hydrogen-bond acceptors (Lipinski definition) is 6. The Kier molecular flexibility index (Phi) is 5.25. The summed E-state index contributed by atoms with van der Waals surface area (Å²) in [5.74, 6) is -0.788. The number of hydrogen-bond donors (Lipinski definition) is 0. The van der Waals surface area contributed by atoms with Crippen LogP contribution >= 0.6 is 0 Å². The molecule has 130 valence electrons. The van der Waals surface area contributed by atoms with E-state index in [0.29, 0.717) is 12.1 Å². The van der Waals surface area contributed by atoms with Crippen molar-refractivity contribution < 1.29 is 9.18 Å². The molecule has 0 bridgehead atoms. The van der Waals surface area contributed by atoms with Crippen LogP contribution in [0.2, 0.25) is 0 Å². The van der Waals surface area contributed by atoms with Gasteiger partial charge < -0.3 is 0 Å². The van der Waals surface area contributed by atoms with Crippen LogP contribution in [-0.4, -0.2) is 20.7 Å². The number of carbonyl (C=O) groups is 1. The normalized spacial score (nSPS) is 10.0. The van der Waals surface area contributed by atoms with Gasteiger partial charge in [0.25, 0.3) is 0 Å².